The molecule has 0 saturated carbocycles. The molecule has 0 aromatic heterocycles. The third-order valence-electron chi connectivity index (χ3n) is 4.33. The molecule has 2 atom stereocenters. The van der Waals surface area contributed by atoms with E-state index in [0.29, 0.717) is 18.0 Å². The zero-order chi connectivity index (χ0) is 16.3. The molecule has 22 heavy (non-hydrogen) atoms. The second-order valence-electron chi connectivity index (χ2n) is 5.94. The van der Waals surface area contributed by atoms with Gasteiger partial charge >= 0.3 is 0 Å². The van der Waals surface area contributed by atoms with Gasteiger partial charge in [-0.25, -0.2) is 8.42 Å². The van der Waals surface area contributed by atoms with E-state index in [0.717, 1.165) is 19.4 Å². The summed E-state index contributed by atoms with van der Waals surface area (Å²) in [5.74, 6) is 0.339. The summed E-state index contributed by atoms with van der Waals surface area (Å²) in [6.45, 7) is 4.99. The first-order valence-electron chi connectivity index (χ1n) is 7.73. The van der Waals surface area contributed by atoms with Gasteiger partial charge in [-0.05, 0) is 49.9 Å². The van der Waals surface area contributed by atoms with Gasteiger partial charge in [-0.15, -0.1) is 0 Å². The molecule has 2 N–H and O–H groups in total. The van der Waals surface area contributed by atoms with Crippen LogP contribution in [0.15, 0.2) is 29.2 Å². The molecule has 1 aromatic rings. The first kappa shape index (κ1) is 17.0. The van der Waals surface area contributed by atoms with Crippen LogP contribution < -0.4 is 5.73 Å². The number of amides is 1. The van der Waals surface area contributed by atoms with E-state index in [4.69, 9.17) is 5.73 Å². The smallest absolute Gasteiger partial charge is 0.253 e. The van der Waals surface area contributed by atoms with E-state index in [-0.39, 0.29) is 22.6 Å². The SMILES string of the molecule is CCS(=O)(=O)c1ccc(C(=O)N2CCC[C@H]([C@H](C)N)C2)cc1. The number of hydrogen-bond donors (Lipinski definition) is 1. The molecule has 1 aromatic carbocycles. The van der Waals surface area contributed by atoms with E-state index in [1.165, 1.54) is 12.1 Å². The fourth-order valence-electron chi connectivity index (χ4n) is 2.78. The van der Waals surface area contributed by atoms with Gasteiger partial charge < -0.3 is 10.6 Å². The Morgan fingerprint density at radius 2 is 2.00 bits per heavy atom. The Morgan fingerprint density at radius 1 is 1.36 bits per heavy atom. The Bertz CT molecular complexity index is 623. The maximum Gasteiger partial charge on any atom is 0.253 e. The van der Waals surface area contributed by atoms with Crippen molar-refractivity contribution >= 4 is 15.7 Å². The largest absolute Gasteiger partial charge is 0.338 e. The maximum absolute atomic E-state index is 12.5. The summed E-state index contributed by atoms with van der Waals surface area (Å²) in [6, 6.07) is 6.30. The van der Waals surface area contributed by atoms with Gasteiger partial charge in [0.15, 0.2) is 9.84 Å². The van der Waals surface area contributed by atoms with Crippen molar-refractivity contribution in [2.45, 2.75) is 37.6 Å². The molecule has 0 aliphatic carbocycles. The number of nitrogens with zero attached hydrogens (tertiary/aromatic N) is 1. The Kier molecular flexibility index (Phi) is 5.24. The molecule has 0 bridgehead atoms. The lowest BCUT2D eigenvalue weighted by molar-refractivity contribution is 0.0661. The molecular formula is C16H24N2O3S. The number of carbonyl (C=O) groups is 1. The third kappa shape index (κ3) is 3.67. The summed E-state index contributed by atoms with van der Waals surface area (Å²) in [5, 5.41) is 0. The zero-order valence-corrected chi connectivity index (χ0v) is 14.0. The Balaban J connectivity index is 2.13. The summed E-state index contributed by atoms with van der Waals surface area (Å²) >= 11 is 0. The molecule has 1 saturated heterocycles. The second kappa shape index (κ2) is 6.79. The highest BCUT2D eigenvalue weighted by Crippen LogP contribution is 2.21. The molecule has 2 rings (SSSR count). The number of likely N-dealkylation sites (tertiary alicyclic amines) is 1. The van der Waals surface area contributed by atoms with E-state index >= 15 is 0 Å². The van der Waals surface area contributed by atoms with Crippen molar-refractivity contribution in [3.8, 4) is 0 Å². The van der Waals surface area contributed by atoms with Crippen LogP contribution in [0.4, 0.5) is 0 Å². The van der Waals surface area contributed by atoms with Gasteiger partial charge in [0.25, 0.3) is 5.91 Å². The molecule has 1 aliphatic rings. The minimum absolute atomic E-state index is 0.0502. The van der Waals surface area contributed by atoms with Gasteiger partial charge in [-0.1, -0.05) is 6.92 Å². The predicted molar refractivity (Wildman–Crippen MR) is 86.4 cm³/mol. The number of piperidine rings is 1. The van der Waals surface area contributed by atoms with Crippen molar-refractivity contribution in [2.24, 2.45) is 11.7 Å². The zero-order valence-electron chi connectivity index (χ0n) is 13.2. The molecule has 1 heterocycles. The molecule has 1 fully saturated rings. The Morgan fingerprint density at radius 3 is 2.55 bits per heavy atom. The number of benzene rings is 1. The number of hydrogen-bond acceptors (Lipinski definition) is 4. The molecular weight excluding hydrogens is 300 g/mol. The van der Waals surface area contributed by atoms with Crippen LogP contribution in [-0.4, -0.2) is 44.1 Å². The number of sulfone groups is 1. The lowest BCUT2D eigenvalue weighted by atomic mass is 9.92. The molecule has 1 amide bonds. The molecule has 122 valence electrons. The maximum atomic E-state index is 12.5. The Hall–Kier alpha value is -1.40. The first-order chi connectivity index (χ1) is 10.3. The highest BCUT2D eigenvalue weighted by molar-refractivity contribution is 7.91. The standard InChI is InChI=1S/C16H24N2O3S/c1-3-22(20,21)15-8-6-13(7-9-15)16(19)18-10-4-5-14(11-18)12(2)17/h6-9,12,14H,3-5,10-11,17H2,1-2H3/t12-,14-/m0/s1. The fourth-order valence-corrected chi connectivity index (χ4v) is 3.66. The van der Waals surface area contributed by atoms with Gasteiger partial charge in [0, 0.05) is 24.7 Å². The molecule has 0 radical (unpaired) electrons. The van der Waals surface area contributed by atoms with E-state index < -0.39 is 9.84 Å². The lowest BCUT2D eigenvalue weighted by Crippen LogP contribution is -2.45. The topological polar surface area (TPSA) is 80.5 Å². The lowest BCUT2D eigenvalue weighted by Gasteiger charge is -2.34. The molecule has 0 spiro atoms. The average molecular weight is 324 g/mol. The van der Waals surface area contributed by atoms with Crippen LogP contribution >= 0.6 is 0 Å². The monoisotopic (exact) mass is 324 g/mol. The fraction of sp³-hybridized carbons (Fsp3) is 0.562. The van der Waals surface area contributed by atoms with Crippen LogP contribution in [0, 0.1) is 5.92 Å². The summed E-state index contributed by atoms with van der Waals surface area (Å²) in [7, 11) is -3.23. The molecule has 6 heteroatoms. The van der Waals surface area contributed by atoms with Crippen molar-refractivity contribution in [1.29, 1.82) is 0 Å². The van der Waals surface area contributed by atoms with Crippen LogP contribution in [0.25, 0.3) is 0 Å². The van der Waals surface area contributed by atoms with Crippen LogP contribution in [0.1, 0.15) is 37.0 Å². The minimum Gasteiger partial charge on any atom is -0.338 e. The molecule has 0 unspecified atom stereocenters. The van der Waals surface area contributed by atoms with Crippen LogP contribution in [0.5, 0.6) is 0 Å². The highest BCUT2D eigenvalue weighted by Gasteiger charge is 2.26. The quantitative estimate of drug-likeness (QED) is 0.914. The van der Waals surface area contributed by atoms with E-state index in [2.05, 4.69) is 0 Å². The molecule has 5 nitrogen and oxygen atoms in total. The van der Waals surface area contributed by atoms with Crippen molar-refractivity contribution in [1.82, 2.24) is 4.90 Å². The van der Waals surface area contributed by atoms with Crippen LogP contribution in [0.3, 0.4) is 0 Å². The average Bonchev–Trinajstić information content (AvgIpc) is 2.54. The van der Waals surface area contributed by atoms with E-state index in [1.54, 1.807) is 19.1 Å². The molecule has 1 aliphatic heterocycles. The Labute approximate surface area is 132 Å². The van der Waals surface area contributed by atoms with Gasteiger partial charge in [0.1, 0.15) is 0 Å². The third-order valence-corrected chi connectivity index (χ3v) is 6.08. The number of rotatable bonds is 4. The highest BCUT2D eigenvalue weighted by atomic mass is 32.2. The van der Waals surface area contributed by atoms with E-state index in [1.807, 2.05) is 11.8 Å². The summed E-state index contributed by atoms with van der Waals surface area (Å²) in [5.41, 5.74) is 6.47. The van der Waals surface area contributed by atoms with Crippen molar-refractivity contribution in [2.75, 3.05) is 18.8 Å². The van der Waals surface area contributed by atoms with Gasteiger partial charge in [-0.3, -0.25) is 4.79 Å². The minimum atomic E-state index is -3.23. The van der Waals surface area contributed by atoms with Crippen LogP contribution in [0.2, 0.25) is 0 Å². The summed E-state index contributed by atoms with van der Waals surface area (Å²) < 4.78 is 23.6. The van der Waals surface area contributed by atoms with Crippen LogP contribution in [-0.2, 0) is 9.84 Å². The number of carbonyl (C=O) groups excluding carboxylic acids is 1. The van der Waals surface area contributed by atoms with Crippen molar-refractivity contribution < 1.29 is 13.2 Å². The van der Waals surface area contributed by atoms with Crippen molar-refractivity contribution in [3.05, 3.63) is 29.8 Å². The first-order valence-corrected chi connectivity index (χ1v) is 9.38. The van der Waals surface area contributed by atoms with Gasteiger partial charge in [0.05, 0.1) is 10.6 Å². The number of nitrogens with two attached hydrogens (primary N) is 1. The van der Waals surface area contributed by atoms with Crippen molar-refractivity contribution in [3.63, 3.8) is 0 Å². The van der Waals surface area contributed by atoms with Gasteiger partial charge in [-0.2, -0.15) is 0 Å². The predicted octanol–water partition coefficient (Wildman–Crippen LogP) is 1.68. The summed E-state index contributed by atoms with van der Waals surface area (Å²) in [4.78, 5) is 14.6. The summed E-state index contributed by atoms with van der Waals surface area (Å²) in [6.07, 6.45) is 2.01. The second-order valence-corrected chi connectivity index (χ2v) is 8.22. The van der Waals surface area contributed by atoms with E-state index in [9.17, 15) is 13.2 Å². The normalized spacial score (nSPS) is 20.7. The van der Waals surface area contributed by atoms with Gasteiger partial charge in [0.2, 0.25) is 0 Å².